The Balaban J connectivity index is 2.56. The molecule has 1 rings (SSSR count). The lowest BCUT2D eigenvalue weighted by molar-refractivity contribution is -0.134. The van der Waals surface area contributed by atoms with Crippen molar-refractivity contribution >= 4 is 5.91 Å². The number of hydrogen-bond donors (Lipinski definition) is 3. The molecular formula is C14H28N2O3. The zero-order valence-electron chi connectivity index (χ0n) is 12.1. The number of aliphatic hydroxyl groups is 2. The molecule has 5 nitrogen and oxygen atoms in total. The van der Waals surface area contributed by atoms with Crippen LogP contribution in [0.2, 0.25) is 0 Å². The summed E-state index contributed by atoms with van der Waals surface area (Å²) in [7, 11) is 0. The van der Waals surface area contributed by atoms with Gasteiger partial charge >= 0.3 is 0 Å². The molecule has 1 aliphatic heterocycles. The monoisotopic (exact) mass is 272 g/mol. The molecule has 0 saturated carbocycles. The Hall–Kier alpha value is -0.650. The van der Waals surface area contributed by atoms with Crippen molar-refractivity contribution in [2.24, 2.45) is 11.8 Å². The van der Waals surface area contributed by atoms with E-state index < -0.39 is 0 Å². The molecule has 5 heteroatoms. The number of carbonyl (C=O) groups excluding carboxylic acids is 1. The van der Waals surface area contributed by atoms with Gasteiger partial charge in [0.05, 0.1) is 6.61 Å². The molecule has 19 heavy (non-hydrogen) atoms. The van der Waals surface area contributed by atoms with Crippen LogP contribution in [0.3, 0.4) is 0 Å². The number of likely N-dealkylation sites (tertiary alicyclic amines) is 1. The lowest BCUT2D eigenvalue weighted by Crippen LogP contribution is -2.52. The topological polar surface area (TPSA) is 72.8 Å². The summed E-state index contributed by atoms with van der Waals surface area (Å²) in [5.74, 6) is 0.925. The summed E-state index contributed by atoms with van der Waals surface area (Å²) in [4.78, 5) is 14.1. The number of amides is 1. The summed E-state index contributed by atoms with van der Waals surface area (Å²) in [6.07, 6.45) is 2.29. The summed E-state index contributed by atoms with van der Waals surface area (Å²) in [6.45, 7) is 6.41. The van der Waals surface area contributed by atoms with Gasteiger partial charge in [0.1, 0.15) is 0 Å². The van der Waals surface area contributed by atoms with Crippen molar-refractivity contribution in [2.45, 2.75) is 39.2 Å². The predicted molar refractivity (Wildman–Crippen MR) is 74.7 cm³/mol. The van der Waals surface area contributed by atoms with Gasteiger partial charge in [0.2, 0.25) is 5.91 Å². The zero-order chi connectivity index (χ0) is 14.3. The van der Waals surface area contributed by atoms with Gasteiger partial charge in [0, 0.05) is 38.7 Å². The van der Waals surface area contributed by atoms with E-state index in [1.807, 2.05) is 4.90 Å². The first-order valence-corrected chi connectivity index (χ1v) is 7.29. The third kappa shape index (κ3) is 5.89. The first-order chi connectivity index (χ1) is 9.06. The summed E-state index contributed by atoms with van der Waals surface area (Å²) in [5, 5.41) is 21.2. The van der Waals surface area contributed by atoms with Gasteiger partial charge in [-0.25, -0.2) is 0 Å². The fraction of sp³-hybridized carbons (Fsp3) is 0.929. The van der Waals surface area contributed by atoms with Crippen molar-refractivity contribution in [1.82, 2.24) is 10.2 Å². The first kappa shape index (κ1) is 16.4. The van der Waals surface area contributed by atoms with Crippen molar-refractivity contribution in [3.8, 4) is 0 Å². The van der Waals surface area contributed by atoms with Crippen molar-refractivity contribution in [2.75, 3.05) is 32.8 Å². The van der Waals surface area contributed by atoms with Crippen molar-refractivity contribution in [3.05, 3.63) is 0 Å². The molecule has 0 aromatic carbocycles. The van der Waals surface area contributed by atoms with E-state index in [-0.39, 0.29) is 25.2 Å². The summed E-state index contributed by atoms with van der Waals surface area (Å²) < 4.78 is 0. The molecule has 0 aliphatic carbocycles. The molecule has 0 aromatic rings. The highest BCUT2D eigenvalue weighted by Crippen LogP contribution is 2.21. The van der Waals surface area contributed by atoms with Crippen LogP contribution in [0.4, 0.5) is 0 Å². The molecule has 3 N–H and O–H groups in total. The van der Waals surface area contributed by atoms with Gasteiger partial charge in [-0.3, -0.25) is 4.79 Å². The van der Waals surface area contributed by atoms with E-state index in [0.717, 1.165) is 19.4 Å². The minimum Gasteiger partial charge on any atom is -0.396 e. The van der Waals surface area contributed by atoms with Gasteiger partial charge in [0.25, 0.3) is 0 Å². The Labute approximate surface area is 116 Å². The highest BCUT2D eigenvalue weighted by molar-refractivity contribution is 5.76. The number of nitrogens with one attached hydrogen (secondary N) is 1. The smallest absolute Gasteiger partial charge is 0.222 e. The van der Waals surface area contributed by atoms with E-state index in [1.165, 1.54) is 0 Å². The lowest BCUT2D eigenvalue weighted by Gasteiger charge is -2.38. The maximum Gasteiger partial charge on any atom is 0.222 e. The molecule has 2 unspecified atom stereocenters. The molecule has 1 heterocycles. The van der Waals surface area contributed by atoms with E-state index in [0.29, 0.717) is 31.3 Å². The maximum absolute atomic E-state index is 12.2. The summed E-state index contributed by atoms with van der Waals surface area (Å²) in [6, 6.07) is 0.230. The molecule has 1 aliphatic rings. The fourth-order valence-electron chi connectivity index (χ4n) is 2.69. The molecule has 112 valence electrons. The van der Waals surface area contributed by atoms with Crippen molar-refractivity contribution in [1.29, 1.82) is 0 Å². The van der Waals surface area contributed by atoms with E-state index in [4.69, 9.17) is 10.2 Å². The molecular weight excluding hydrogens is 244 g/mol. The minimum absolute atomic E-state index is 0.112. The SMILES string of the molecule is CC(C)CC(=O)N1CC(CCO)CC(NCCO)C1. The van der Waals surface area contributed by atoms with Crippen LogP contribution in [0.5, 0.6) is 0 Å². The molecule has 1 saturated heterocycles. The maximum atomic E-state index is 12.2. The highest BCUT2D eigenvalue weighted by atomic mass is 16.3. The van der Waals surface area contributed by atoms with Crippen molar-refractivity contribution in [3.63, 3.8) is 0 Å². The second kappa shape index (κ2) is 8.51. The van der Waals surface area contributed by atoms with Gasteiger partial charge in [-0.1, -0.05) is 13.8 Å². The Morgan fingerprint density at radius 1 is 1.32 bits per heavy atom. The van der Waals surface area contributed by atoms with Gasteiger partial charge in [-0.05, 0) is 24.7 Å². The molecule has 0 aromatic heterocycles. The Morgan fingerprint density at radius 3 is 2.63 bits per heavy atom. The van der Waals surface area contributed by atoms with E-state index in [2.05, 4.69) is 19.2 Å². The Morgan fingerprint density at radius 2 is 2.05 bits per heavy atom. The van der Waals surface area contributed by atoms with Crippen LogP contribution in [-0.2, 0) is 4.79 Å². The van der Waals surface area contributed by atoms with Gasteiger partial charge < -0.3 is 20.4 Å². The zero-order valence-corrected chi connectivity index (χ0v) is 12.1. The van der Waals surface area contributed by atoms with Crippen LogP contribution in [0.1, 0.15) is 33.1 Å². The average Bonchev–Trinajstić information content (AvgIpc) is 2.35. The molecule has 1 fully saturated rings. The highest BCUT2D eigenvalue weighted by Gasteiger charge is 2.29. The van der Waals surface area contributed by atoms with Crippen LogP contribution in [0, 0.1) is 11.8 Å². The Kier molecular flexibility index (Phi) is 7.34. The number of carbonyl (C=O) groups is 1. The minimum atomic E-state index is 0.112. The van der Waals surface area contributed by atoms with E-state index in [9.17, 15) is 4.79 Å². The van der Waals surface area contributed by atoms with Gasteiger partial charge in [-0.15, -0.1) is 0 Å². The third-order valence-corrected chi connectivity index (χ3v) is 3.55. The lowest BCUT2D eigenvalue weighted by atomic mass is 9.91. The largest absolute Gasteiger partial charge is 0.396 e. The molecule has 0 radical (unpaired) electrons. The number of nitrogens with zero attached hydrogens (tertiary/aromatic N) is 1. The first-order valence-electron chi connectivity index (χ1n) is 7.29. The fourth-order valence-corrected chi connectivity index (χ4v) is 2.69. The molecule has 2 atom stereocenters. The van der Waals surface area contributed by atoms with Gasteiger partial charge in [-0.2, -0.15) is 0 Å². The molecule has 0 bridgehead atoms. The number of piperidine rings is 1. The normalized spacial score (nSPS) is 23.9. The van der Waals surface area contributed by atoms with Crippen LogP contribution in [0.25, 0.3) is 0 Å². The molecule has 1 amide bonds. The van der Waals surface area contributed by atoms with Crippen molar-refractivity contribution < 1.29 is 15.0 Å². The number of hydrogen-bond acceptors (Lipinski definition) is 4. The second-order valence-electron chi connectivity index (χ2n) is 5.89. The third-order valence-electron chi connectivity index (χ3n) is 3.55. The Bertz CT molecular complexity index is 271. The van der Waals surface area contributed by atoms with E-state index in [1.54, 1.807) is 0 Å². The van der Waals surface area contributed by atoms with Gasteiger partial charge in [0.15, 0.2) is 0 Å². The summed E-state index contributed by atoms with van der Waals surface area (Å²) >= 11 is 0. The number of rotatable bonds is 7. The van der Waals surface area contributed by atoms with E-state index >= 15 is 0 Å². The van der Waals surface area contributed by atoms with Crippen LogP contribution < -0.4 is 5.32 Å². The number of aliphatic hydroxyl groups excluding tert-OH is 2. The molecule has 0 spiro atoms. The average molecular weight is 272 g/mol. The van der Waals surface area contributed by atoms with Crippen LogP contribution >= 0.6 is 0 Å². The van der Waals surface area contributed by atoms with Crippen LogP contribution in [-0.4, -0.2) is 59.9 Å². The summed E-state index contributed by atoms with van der Waals surface area (Å²) in [5.41, 5.74) is 0. The van der Waals surface area contributed by atoms with Crippen LogP contribution in [0.15, 0.2) is 0 Å². The standard InChI is InChI=1S/C14H28N2O3/c1-11(2)7-14(19)16-9-12(3-5-17)8-13(10-16)15-4-6-18/h11-13,15,17-18H,3-10H2,1-2H3. The predicted octanol–water partition coefficient (Wildman–Crippen LogP) is 0.214. The quantitative estimate of drug-likeness (QED) is 0.620. The second-order valence-corrected chi connectivity index (χ2v) is 5.89.